The summed E-state index contributed by atoms with van der Waals surface area (Å²) in [6, 6.07) is 7.78. The van der Waals surface area contributed by atoms with Crippen molar-refractivity contribution < 1.29 is 0 Å². The Hall–Kier alpha value is -1.22. The normalized spacial score (nSPS) is 11.8. The molecule has 1 aromatic rings. The van der Waals surface area contributed by atoms with E-state index in [1.807, 2.05) is 24.3 Å². The summed E-state index contributed by atoms with van der Waals surface area (Å²) in [5, 5.41) is 2.19. The molecule has 0 aliphatic rings. The molecule has 3 nitrogen and oxygen atoms in total. The van der Waals surface area contributed by atoms with Crippen molar-refractivity contribution in [1.29, 1.82) is 0 Å². The summed E-state index contributed by atoms with van der Waals surface area (Å²) >= 11 is 0. The number of anilines is 2. The summed E-state index contributed by atoms with van der Waals surface area (Å²) in [6.07, 6.45) is 0. The minimum atomic E-state index is 0.107. The average molecular weight is 207 g/mol. The van der Waals surface area contributed by atoms with Crippen molar-refractivity contribution in [3.8, 4) is 0 Å². The summed E-state index contributed by atoms with van der Waals surface area (Å²) in [4.78, 5) is 0. The fourth-order valence-electron chi connectivity index (χ4n) is 1.43. The highest BCUT2D eigenvalue weighted by atomic mass is 15.5. The molecule has 3 N–H and O–H groups in total. The third-order valence-corrected chi connectivity index (χ3v) is 2.30. The predicted octanol–water partition coefficient (Wildman–Crippen LogP) is 2.72. The first kappa shape index (κ1) is 11.9. The Balaban J connectivity index is 2.71. The average Bonchev–Trinajstić information content (AvgIpc) is 2.15. The van der Waals surface area contributed by atoms with Gasteiger partial charge in [0.1, 0.15) is 0 Å². The van der Waals surface area contributed by atoms with Crippen molar-refractivity contribution in [2.75, 3.05) is 17.7 Å². The largest absolute Gasteiger partial charge is 0.399 e. The van der Waals surface area contributed by atoms with Crippen molar-refractivity contribution >= 4 is 11.4 Å². The highest BCUT2D eigenvalue weighted by Crippen LogP contribution is 2.17. The van der Waals surface area contributed by atoms with Crippen molar-refractivity contribution in [1.82, 2.24) is 5.01 Å². The van der Waals surface area contributed by atoms with Crippen molar-refractivity contribution in [2.24, 2.45) is 0 Å². The molecule has 0 bridgehead atoms. The summed E-state index contributed by atoms with van der Waals surface area (Å²) in [5.74, 6) is 0. The van der Waals surface area contributed by atoms with Crippen molar-refractivity contribution in [2.45, 2.75) is 33.2 Å². The first-order valence-electron chi connectivity index (χ1n) is 5.33. The zero-order chi connectivity index (χ0) is 11.5. The third-order valence-electron chi connectivity index (χ3n) is 2.30. The van der Waals surface area contributed by atoms with Crippen LogP contribution in [0.1, 0.15) is 27.7 Å². The first-order valence-corrected chi connectivity index (χ1v) is 5.33. The van der Waals surface area contributed by atoms with Crippen LogP contribution in [-0.4, -0.2) is 17.1 Å². The lowest BCUT2D eigenvalue weighted by Crippen LogP contribution is -2.45. The molecule has 84 valence electrons. The Morgan fingerprint density at radius 3 is 2.13 bits per heavy atom. The number of benzene rings is 1. The molecule has 0 amide bonds. The molecule has 1 aromatic carbocycles. The Morgan fingerprint density at radius 2 is 1.73 bits per heavy atom. The molecule has 0 radical (unpaired) electrons. The van der Waals surface area contributed by atoms with E-state index in [1.54, 1.807) is 0 Å². The van der Waals surface area contributed by atoms with E-state index in [0.717, 1.165) is 17.9 Å². The Bertz CT molecular complexity index is 298. The molecule has 0 aromatic heterocycles. The highest BCUT2D eigenvalue weighted by molar-refractivity contribution is 5.50. The van der Waals surface area contributed by atoms with Gasteiger partial charge in [0.25, 0.3) is 0 Å². The van der Waals surface area contributed by atoms with Crippen LogP contribution in [0.3, 0.4) is 0 Å². The molecule has 0 saturated heterocycles. The van der Waals surface area contributed by atoms with Crippen LogP contribution in [0.15, 0.2) is 24.3 Å². The Kier molecular flexibility index (Phi) is 3.58. The van der Waals surface area contributed by atoms with Gasteiger partial charge in [-0.3, -0.25) is 0 Å². The van der Waals surface area contributed by atoms with Crippen LogP contribution in [-0.2, 0) is 0 Å². The van der Waals surface area contributed by atoms with Gasteiger partial charge >= 0.3 is 0 Å². The van der Waals surface area contributed by atoms with Crippen molar-refractivity contribution in [3.05, 3.63) is 24.3 Å². The zero-order valence-corrected chi connectivity index (χ0v) is 10.0. The van der Waals surface area contributed by atoms with Gasteiger partial charge in [0, 0.05) is 23.5 Å². The molecular weight excluding hydrogens is 186 g/mol. The van der Waals surface area contributed by atoms with E-state index in [2.05, 4.69) is 38.1 Å². The van der Waals surface area contributed by atoms with E-state index in [0.29, 0.717) is 0 Å². The van der Waals surface area contributed by atoms with E-state index < -0.39 is 0 Å². The van der Waals surface area contributed by atoms with Gasteiger partial charge in [-0.2, -0.15) is 0 Å². The second-order valence-corrected chi connectivity index (χ2v) is 4.65. The van der Waals surface area contributed by atoms with Gasteiger partial charge in [-0.05, 0) is 45.0 Å². The summed E-state index contributed by atoms with van der Waals surface area (Å²) < 4.78 is 0. The summed E-state index contributed by atoms with van der Waals surface area (Å²) in [5.41, 5.74) is 11.0. The van der Waals surface area contributed by atoms with Gasteiger partial charge in [-0.15, -0.1) is 0 Å². The number of nitrogens with zero attached hydrogens (tertiary/aromatic N) is 1. The van der Waals surface area contributed by atoms with E-state index in [9.17, 15) is 0 Å². The maximum Gasteiger partial charge on any atom is 0.0491 e. The first-order chi connectivity index (χ1) is 6.93. The van der Waals surface area contributed by atoms with E-state index in [-0.39, 0.29) is 5.54 Å². The predicted molar refractivity (Wildman–Crippen MR) is 66.6 cm³/mol. The SMILES string of the molecule is CCN(Nc1ccc(N)cc1)C(C)(C)C. The number of hydrogen-bond donors (Lipinski definition) is 2. The molecule has 0 aliphatic heterocycles. The highest BCUT2D eigenvalue weighted by Gasteiger charge is 2.19. The van der Waals surface area contributed by atoms with Gasteiger partial charge in [0.15, 0.2) is 0 Å². The number of rotatable bonds is 3. The van der Waals surface area contributed by atoms with Crippen LogP contribution in [0.5, 0.6) is 0 Å². The summed E-state index contributed by atoms with van der Waals surface area (Å²) in [6.45, 7) is 9.63. The zero-order valence-electron chi connectivity index (χ0n) is 10.0. The van der Waals surface area contributed by atoms with Crippen LogP contribution >= 0.6 is 0 Å². The molecule has 0 saturated carbocycles. The number of nitrogens with two attached hydrogens (primary N) is 1. The molecule has 0 fully saturated rings. The van der Waals surface area contributed by atoms with Crippen LogP contribution in [0.4, 0.5) is 11.4 Å². The standard InChI is InChI=1S/C12H21N3/c1-5-15(12(2,3)4)14-11-8-6-10(13)7-9-11/h6-9,14H,5,13H2,1-4H3. The van der Waals surface area contributed by atoms with E-state index in [1.165, 1.54) is 0 Å². The molecule has 15 heavy (non-hydrogen) atoms. The minimum absolute atomic E-state index is 0.107. The van der Waals surface area contributed by atoms with Crippen LogP contribution in [0.25, 0.3) is 0 Å². The number of nitrogen functional groups attached to an aromatic ring is 1. The molecule has 0 spiro atoms. The van der Waals surface area contributed by atoms with Crippen LogP contribution < -0.4 is 11.2 Å². The second-order valence-electron chi connectivity index (χ2n) is 4.65. The molecule has 0 unspecified atom stereocenters. The molecule has 0 heterocycles. The van der Waals surface area contributed by atoms with Crippen LogP contribution in [0, 0.1) is 0 Å². The van der Waals surface area contributed by atoms with Crippen LogP contribution in [0.2, 0.25) is 0 Å². The minimum Gasteiger partial charge on any atom is -0.399 e. The number of hydrazine groups is 1. The molecular formula is C12H21N3. The number of nitrogens with one attached hydrogen (secondary N) is 1. The lowest BCUT2D eigenvalue weighted by atomic mass is 10.1. The van der Waals surface area contributed by atoms with E-state index >= 15 is 0 Å². The van der Waals surface area contributed by atoms with Gasteiger partial charge in [-0.25, -0.2) is 5.01 Å². The monoisotopic (exact) mass is 207 g/mol. The quantitative estimate of drug-likeness (QED) is 0.591. The Morgan fingerprint density at radius 1 is 1.20 bits per heavy atom. The number of hydrogen-bond acceptors (Lipinski definition) is 3. The maximum absolute atomic E-state index is 5.63. The second kappa shape index (κ2) is 4.53. The Labute approximate surface area is 92.2 Å². The maximum atomic E-state index is 5.63. The van der Waals surface area contributed by atoms with Gasteiger partial charge in [0.05, 0.1) is 0 Å². The molecule has 0 atom stereocenters. The molecule has 0 aliphatic carbocycles. The molecule has 1 rings (SSSR count). The van der Waals surface area contributed by atoms with Gasteiger partial charge in [0.2, 0.25) is 0 Å². The lowest BCUT2D eigenvalue weighted by molar-refractivity contribution is 0.183. The van der Waals surface area contributed by atoms with Gasteiger partial charge in [-0.1, -0.05) is 6.92 Å². The van der Waals surface area contributed by atoms with Gasteiger partial charge < -0.3 is 11.2 Å². The fourth-order valence-corrected chi connectivity index (χ4v) is 1.43. The summed E-state index contributed by atoms with van der Waals surface area (Å²) in [7, 11) is 0. The third kappa shape index (κ3) is 3.44. The van der Waals surface area contributed by atoms with E-state index in [4.69, 9.17) is 5.73 Å². The molecule has 3 heteroatoms. The lowest BCUT2D eigenvalue weighted by Gasteiger charge is -2.35. The topological polar surface area (TPSA) is 41.3 Å². The van der Waals surface area contributed by atoms with Crippen molar-refractivity contribution in [3.63, 3.8) is 0 Å². The smallest absolute Gasteiger partial charge is 0.0491 e. The fraction of sp³-hybridized carbons (Fsp3) is 0.500.